The van der Waals surface area contributed by atoms with E-state index in [0.29, 0.717) is 17.5 Å². The van der Waals surface area contributed by atoms with Crippen LogP contribution in [0.3, 0.4) is 0 Å². The van der Waals surface area contributed by atoms with E-state index in [1.807, 2.05) is 24.3 Å². The van der Waals surface area contributed by atoms with Crippen LogP contribution >= 0.6 is 11.6 Å². The molecule has 1 saturated heterocycles. The van der Waals surface area contributed by atoms with E-state index >= 15 is 0 Å². The Labute approximate surface area is 116 Å². The van der Waals surface area contributed by atoms with Gasteiger partial charge in [0, 0.05) is 17.5 Å². The molecule has 0 aliphatic carbocycles. The van der Waals surface area contributed by atoms with Crippen molar-refractivity contribution in [3.63, 3.8) is 0 Å². The summed E-state index contributed by atoms with van der Waals surface area (Å²) >= 11 is 6.04. The van der Waals surface area contributed by atoms with Gasteiger partial charge >= 0.3 is 0 Å². The lowest BCUT2D eigenvalue weighted by atomic mass is 9.93. The average Bonchev–Trinajstić information content (AvgIpc) is 2.82. The summed E-state index contributed by atoms with van der Waals surface area (Å²) in [5.74, 6) is 0.576. The maximum Gasteiger partial charge on any atom is 0.230 e. The van der Waals surface area contributed by atoms with Crippen LogP contribution in [0.25, 0.3) is 11.1 Å². The van der Waals surface area contributed by atoms with Crippen LogP contribution in [-0.4, -0.2) is 18.4 Å². The van der Waals surface area contributed by atoms with Crippen molar-refractivity contribution in [3.8, 4) is 11.1 Å². The maximum absolute atomic E-state index is 6.04. The Bertz CT molecular complexity index is 577. The fraction of sp³-hybridized carbons (Fsp3) is 0.357. The molecule has 0 bridgehead atoms. The molecule has 1 unspecified atom stereocenters. The Morgan fingerprint density at radius 3 is 3.00 bits per heavy atom. The third kappa shape index (κ3) is 2.46. The minimum absolute atomic E-state index is 0.240. The molecule has 5 heteroatoms. The lowest BCUT2D eigenvalue weighted by molar-refractivity contribution is 0.0785. The molecule has 0 spiro atoms. The number of benzene rings is 1. The van der Waals surface area contributed by atoms with Gasteiger partial charge in [-0.05, 0) is 30.5 Å². The maximum atomic E-state index is 6.04. The van der Waals surface area contributed by atoms with Gasteiger partial charge in [0.2, 0.25) is 5.88 Å². The smallest absolute Gasteiger partial charge is 0.230 e. The van der Waals surface area contributed by atoms with Gasteiger partial charge in [-0.25, -0.2) is 0 Å². The molecule has 0 saturated carbocycles. The predicted molar refractivity (Wildman–Crippen MR) is 74.2 cm³/mol. The zero-order valence-corrected chi connectivity index (χ0v) is 11.2. The van der Waals surface area contributed by atoms with Gasteiger partial charge < -0.3 is 15.0 Å². The van der Waals surface area contributed by atoms with E-state index in [1.165, 1.54) is 0 Å². The van der Waals surface area contributed by atoms with Crippen LogP contribution in [0.15, 0.2) is 28.8 Å². The second-order valence-corrected chi connectivity index (χ2v) is 5.17. The summed E-state index contributed by atoms with van der Waals surface area (Å²) in [5.41, 5.74) is 8.57. The van der Waals surface area contributed by atoms with E-state index in [-0.39, 0.29) is 5.92 Å². The first-order chi connectivity index (χ1) is 9.25. The van der Waals surface area contributed by atoms with Crippen molar-refractivity contribution >= 4 is 17.5 Å². The zero-order valence-electron chi connectivity index (χ0n) is 10.4. The number of nitrogens with zero attached hydrogens (tertiary/aromatic N) is 1. The van der Waals surface area contributed by atoms with Crippen molar-refractivity contribution in [2.75, 3.05) is 18.9 Å². The molecule has 2 aromatic rings. The van der Waals surface area contributed by atoms with Crippen molar-refractivity contribution in [3.05, 3.63) is 35.0 Å². The van der Waals surface area contributed by atoms with Crippen LogP contribution in [0, 0.1) is 0 Å². The molecular formula is C14H15ClN2O2. The minimum Gasteiger partial charge on any atom is -0.381 e. The molecule has 1 atom stereocenters. The van der Waals surface area contributed by atoms with Gasteiger partial charge in [0.1, 0.15) is 0 Å². The molecule has 0 amide bonds. The van der Waals surface area contributed by atoms with Gasteiger partial charge in [-0.15, -0.1) is 0 Å². The number of ether oxygens (including phenoxy) is 1. The fourth-order valence-electron chi connectivity index (χ4n) is 2.49. The largest absolute Gasteiger partial charge is 0.381 e. The molecule has 0 radical (unpaired) electrons. The van der Waals surface area contributed by atoms with Crippen molar-refractivity contribution in [1.82, 2.24) is 5.16 Å². The minimum atomic E-state index is 0.240. The number of rotatable bonds is 2. The zero-order chi connectivity index (χ0) is 13.2. The standard InChI is InChI=1S/C14H15ClN2O2/c15-11-5-1-3-9(7-11)12-13(17-19-14(12)16)10-4-2-6-18-8-10/h1,3,5,7,10H,2,4,6,8,16H2. The molecule has 100 valence electrons. The van der Waals surface area contributed by atoms with Crippen LogP contribution in [0.4, 0.5) is 5.88 Å². The van der Waals surface area contributed by atoms with Gasteiger partial charge in [0.15, 0.2) is 0 Å². The van der Waals surface area contributed by atoms with E-state index in [1.54, 1.807) is 0 Å². The quantitative estimate of drug-likeness (QED) is 0.914. The van der Waals surface area contributed by atoms with E-state index < -0.39 is 0 Å². The Kier molecular flexibility index (Phi) is 3.44. The molecule has 2 N–H and O–H groups in total. The molecule has 3 rings (SSSR count). The highest BCUT2D eigenvalue weighted by Crippen LogP contribution is 2.37. The summed E-state index contributed by atoms with van der Waals surface area (Å²) in [6.45, 7) is 1.48. The van der Waals surface area contributed by atoms with E-state index in [4.69, 9.17) is 26.6 Å². The van der Waals surface area contributed by atoms with Gasteiger partial charge in [-0.2, -0.15) is 0 Å². The molecule has 2 heterocycles. The van der Waals surface area contributed by atoms with Gasteiger partial charge in [-0.1, -0.05) is 28.9 Å². The molecular weight excluding hydrogens is 264 g/mol. The summed E-state index contributed by atoms with van der Waals surface area (Å²) in [5, 5.41) is 4.79. The fourth-order valence-corrected chi connectivity index (χ4v) is 2.68. The third-order valence-corrected chi connectivity index (χ3v) is 3.64. The van der Waals surface area contributed by atoms with Gasteiger partial charge in [-0.3, -0.25) is 0 Å². The second-order valence-electron chi connectivity index (χ2n) is 4.73. The highest BCUT2D eigenvalue weighted by atomic mass is 35.5. The first kappa shape index (κ1) is 12.5. The number of aromatic nitrogens is 1. The molecule has 1 fully saturated rings. The summed E-state index contributed by atoms with van der Waals surface area (Å²) < 4.78 is 10.7. The number of nitrogen functional groups attached to an aromatic ring is 1. The molecule has 1 aromatic heterocycles. The molecule has 1 aliphatic heterocycles. The van der Waals surface area contributed by atoms with Crippen LogP contribution in [0.5, 0.6) is 0 Å². The highest BCUT2D eigenvalue weighted by molar-refractivity contribution is 6.30. The van der Waals surface area contributed by atoms with Crippen molar-refractivity contribution in [2.24, 2.45) is 0 Å². The summed E-state index contributed by atoms with van der Waals surface area (Å²) in [6, 6.07) is 7.56. The topological polar surface area (TPSA) is 61.3 Å². The van der Waals surface area contributed by atoms with Gasteiger partial charge in [0.25, 0.3) is 0 Å². The average molecular weight is 279 g/mol. The van der Waals surface area contributed by atoms with Crippen LogP contribution < -0.4 is 5.73 Å². The molecule has 1 aliphatic rings. The summed E-state index contributed by atoms with van der Waals surface area (Å²) in [4.78, 5) is 0. The third-order valence-electron chi connectivity index (χ3n) is 3.41. The number of hydrogen-bond acceptors (Lipinski definition) is 4. The predicted octanol–water partition coefficient (Wildman–Crippen LogP) is 3.47. The molecule has 1 aromatic carbocycles. The summed E-state index contributed by atoms with van der Waals surface area (Å²) in [7, 11) is 0. The van der Waals surface area contributed by atoms with Crippen molar-refractivity contribution in [1.29, 1.82) is 0 Å². The van der Waals surface area contributed by atoms with Gasteiger partial charge in [0.05, 0.1) is 17.9 Å². The normalized spacial score (nSPS) is 19.5. The Hall–Kier alpha value is -1.52. The Morgan fingerprint density at radius 1 is 1.37 bits per heavy atom. The van der Waals surface area contributed by atoms with E-state index in [0.717, 1.165) is 36.3 Å². The van der Waals surface area contributed by atoms with Crippen molar-refractivity contribution < 1.29 is 9.26 Å². The first-order valence-corrected chi connectivity index (χ1v) is 6.72. The van der Waals surface area contributed by atoms with Crippen molar-refractivity contribution in [2.45, 2.75) is 18.8 Å². The lowest BCUT2D eigenvalue weighted by Gasteiger charge is -2.20. The van der Waals surface area contributed by atoms with Crippen LogP contribution in [0.1, 0.15) is 24.5 Å². The van der Waals surface area contributed by atoms with Crippen LogP contribution in [-0.2, 0) is 4.74 Å². The Balaban J connectivity index is 2.03. The highest BCUT2D eigenvalue weighted by Gasteiger charge is 2.25. The number of anilines is 1. The molecule has 4 nitrogen and oxygen atoms in total. The monoisotopic (exact) mass is 278 g/mol. The lowest BCUT2D eigenvalue weighted by Crippen LogP contribution is -2.16. The molecule has 19 heavy (non-hydrogen) atoms. The number of halogens is 1. The first-order valence-electron chi connectivity index (χ1n) is 6.34. The summed E-state index contributed by atoms with van der Waals surface area (Å²) in [6.07, 6.45) is 2.08. The second kappa shape index (κ2) is 5.23. The van der Waals surface area contributed by atoms with Crippen LogP contribution in [0.2, 0.25) is 5.02 Å². The SMILES string of the molecule is Nc1onc(C2CCCOC2)c1-c1cccc(Cl)c1. The Morgan fingerprint density at radius 2 is 2.26 bits per heavy atom. The van der Waals surface area contributed by atoms with E-state index in [9.17, 15) is 0 Å². The number of hydrogen-bond donors (Lipinski definition) is 1. The number of nitrogens with two attached hydrogens (primary N) is 1. The van der Waals surface area contributed by atoms with E-state index in [2.05, 4.69) is 5.16 Å².